The molecule has 0 radical (unpaired) electrons. The van der Waals surface area contributed by atoms with Gasteiger partial charge in [0.1, 0.15) is 0 Å². The summed E-state index contributed by atoms with van der Waals surface area (Å²) in [6, 6.07) is 4.91. The summed E-state index contributed by atoms with van der Waals surface area (Å²) in [7, 11) is 2.05. The molecular formula is C16H23BrN2O2. The molecule has 0 aromatic heterocycles. The zero-order valence-corrected chi connectivity index (χ0v) is 14.1. The molecule has 0 spiro atoms. The predicted molar refractivity (Wildman–Crippen MR) is 87.1 cm³/mol. The van der Waals surface area contributed by atoms with E-state index in [2.05, 4.69) is 45.3 Å². The van der Waals surface area contributed by atoms with Gasteiger partial charge in [-0.15, -0.1) is 0 Å². The largest absolute Gasteiger partial charge is 0.490 e. The number of likely N-dealkylation sites (tertiary alicyclic amines) is 1. The molecule has 116 valence electrons. The molecule has 2 aliphatic heterocycles. The van der Waals surface area contributed by atoms with Crippen LogP contribution in [0.4, 0.5) is 0 Å². The van der Waals surface area contributed by atoms with Gasteiger partial charge in [0.15, 0.2) is 11.5 Å². The lowest BCUT2D eigenvalue weighted by molar-refractivity contribution is 0.187. The van der Waals surface area contributed by atoms with Gasteiger partial charge in [-0.25, -0.2) is 0 Å². The first-order valence-corrected chi connectivity index (χ1v) is 8.53. The van der Waals surface area contributed by atoms with Crippen LogP contribution in [0, 0.1) is 0 Å². The Kier molecular flexibility index (Phi) is 5.03. The van der Waals surface area contributed by atoms with Crippen molar-refractivity contribution in [3.8, 4) is 11.5 Å². The summed E-state index contributed by atoms with van der Waals surface area (Å²) in [4.78, 5) is 2.51. The number of benzene rings is 1. The fraction of sp³-hybridized carbons (Fsp3) is 0.625. The summed E-state index contributed by atoms with van der Waals surface area (Å²) in [6.45, 7) is 4.70. The molecule has 0 aliphatic carbocycles. The highest BCUT2D eigenvalue weighted by Crippen LogP contribution is 2.38. The Balaban J connectivity index is 1.73. The summed E-state index contributed by atoms with van der Waals surface area (Å²) in [5.74, 6) is 1.72. The average Bonchev–Trinajstić information content (AvgIpc) is 2.73. The maximum Gasteiger partial charge on any atom is 0.175 e. The number of piperidine rings is 1. The van der Waals surface area contributed by atoms with Gasteiger partial charge in [-0.3, -0.25) is 4.90 Å². The normalized spacial score (nSPS) is 22.9. The number of hydrogen-bond donors (Lipinski definition) is 1. The van der Waals surface area contributed by atoms with Crippen molar-refractivity contribution in [3.05, 3.63) is 22.2 Å². The van der Waals surface area contributed by atoms with E-state index in [1.54, 1.807) is 0 Å². The van der Waals surface area contributed by atoms with Gasteiger partial charge in [0.05, 0.1) is 17.7 Å². The second-order valence-electron chi connectivity index (χ2n) is 5.82. The van der Waals surface area contributed by atoms with Crippen LogP contribution < -0.4 is 14.8 Å². The minimum Gasteiger partial charge on any atom is -0.490 e. The smallest absolute Gasteiger partial charge is 0.175 e. The van der Waals surface area contributed by atoms with Gasteiger partial charge in [0.2, 0.25) is 0 Å². The molecule has 0 amide bonds. The van der Waals surface area contributed by atoms with Crippen LogP contribution in [0.1, 0.15) is 24.8 Å². The van der Waals surface area contributed by atoms with Crippen LogP contribution in [0.3, 0.4) is 0 Å². The van der Waals surface area contributed by atoms with Crippen molar-refractivity contribution in [2.75, 3.05) is 33.4 Å². The number of nitrogens with one attached hydrogen (secondary N) is 1. The molecule has 0 bridgehead atoms. The maximum absolute atomic E-state index is 5.82. The van der Waals surface area contributed by atoms with E-state index in [9.17, 15) is 0 Å². The Morgan fingerprint density at radius 1 is 1.29 bits per heavy atom. The highest BCUT2D eigenvalue weighted by molar-refractivity contribution is 9.10. The zero-order valence-electron chi connectivity index (χ0n) is 12.5. The van der Waals surface area contributed by atoms with Gasteiger partial charge < -0.3 is 14.8 Å². The lowest BCUT2D eigenvalue weighted by Crippen LogP contribution is -2.43. The van der Waals surface area contributed by atoms with Crippen LogP contribution in [0.25, 0.3) is 0 Å². The zero-order chi connectivity index (χ0) is 14.7. The first-order valence-electron chi connectivity index (χ1n) is 7.74. The molecule has 1 aromatic rings. The van der Waals surface area contributed by atoms with Crippen LogP contribution in [-0.2, 0) is 6.54 Å². The maximum atomic E-state index is 5.82. The fourth-order valence-corrected chi connectivity index (χ4v) is 3.67. The van der Waals surface area contributed by atoms with Gasteiger partial charge in [0, 0.05) is 25.6 Å². The Labute approximate surface area is 134 Å². The van der Waals surface area contributed by atoms with Crippen LogP contribution in [0.2, 0.25) is 0 Å². The van der Waals surface area contributed by atoms with Gasteiger partial charge in [-0.1, -0.05) is 0 Å². The van der Waals surface area contributed by atoms with E-state index >= 15 is 0 Å². The molecule has 3 rings (SSSR count). The Morgan fingerprint density at radius 3 is 3.00 bits per heavy atom. The van der Waals surface area contributed by atoms with Crippen molar-refractivity contribution < 1.29 is 9.47 Å². The topological polar surface area (TPSA) is 33.7 Å². The van der Waals surface area contributed by atoms with Crippen molar-refractivity contribution in [1.29, 1.82) is 0 Å². The van der Waals surface area contributed by atoms with Crippen molar-refractivity contribution in [3.63, 3.8) is 0 Å². The molecule has 1 saturated heterocycles. The molecule has 1 unspecified atom stereocenters. The molecule has 1 atom stereocenters. The SMILES string of the molecule is CNC1CCCN(Cc2cc(Br)c3c(c2)OCCCO3)C1. The van der Waals surface area contributed by atoms with Crippen molar-refractivity contribution in [1.82, 2.24) is 10.2 Å². The molecular weight excluding hydrogens is 332 g/mol. The predicted octanol–water partition coefficient (Wildman–Crippen LogP) is 2.79. The van der Waals surface area contributed by atoms with E-state index in [-0.39, 0.29) is 0 Å². The second-order valence-corrected chi connectivity index (χ2v) is 6.67. The number of hydrogen-bond acceptors (Lipinski definition) is 4. The third kappa shape index (κ3) is 3.71. The van der Waals surface area contributed by atoms with E-state index in [4.69, 9.17) is 9.47 Å². The summed E-state index contributed by atoms with van der Waals surface area (Å²) in [5.41, 5.74) is 1.28. The summed E-state index contributed by atoms with van der Waals surface area (Å²) in [6.07, 6.45) is 3.47. The Hall–Kier alpha value is -0.780. The molecule has 1 fully saturated rings. The van der Waals surface area contributed by atoms with Gasteiger partial charge in [-0.2, -0.15) is 0 Å². The number of likely N-dealkylation sites (N-methyl/N-ethyl adjacent to an activating group) is 1. The third-order valence-electron chi connectivity index (χ3n) is 4.18. The number of rotatable bonds is 3. The Bertz CT molecular complexity index is 495. The van der Waals surface area contributed by atoms with Crippen LogP contribution in [0.15, 0.2) is 16.6 Å². The highest BCUT2D eigenvalue weighted by Gasteiger charge is 2.20. The number of nitrogens with zero attached hydrogens (tertiary/aromatic N) is 1. The average molecular weight is 355 g/mol. The van der Waals surface area contributed by atoms with E-state index in [1.165, 1.54) is 24.9 Å². The van der Waals surface area contributed by atoms with Gasteiger partial charge >= 0.3 is 0 Å². The molecule has 2 aliphatic rings. The summed E-state index contributed by atoms with van der Waals surface area (Å²) in [5, 5.41) is 3.39. The molecule has 4 nitrogen and oxygen atoms in total. The molecule has 2 heterocycles. The van der Waals surface area contributed by atoms with Crippen LogP contribution >= 0.6 is 15.9 Å². The number of halogens is 1. The third-order valence-corrected chi connectivity index (χ3v) is 4.77. The minimum absolute atomic E-state index is 0.614. The van der Waals surface area contributed by atoms with Crippen LogP contribution in [-0.4, -0.2) is 44.3 Å². The van der Waals surface area contributed by atoms with Crippen LogP contribution in [0.5, 0.6) is 11.5 Å². The monoisotopic (exact) mass is 354 g/mol. The van der Waals surface area contributed by atoms with Crippen molar-refractivity contribution in [2.45, 2.75) is 31.8 Å². The van der Waals surface area contributed by atoms with E-state index in [0.717, 1.165) is 48.7 Å². The number of ether oxygens (including phenoxy) is 2. The molecule has 21 heavy (non-hydrogen) atoms. The Morgan fingerprint density at radius 2 is 2.14 bits per heavy atom. The molecule has 5 heteroatoms. The summed E-state index contributed by atoms with van der Waals surface area (Å²) >= 11 is 3.62. The molecule has 0 saturated carbocycles. The summed E-state index contributed by atoms with van der Waals surface area (Å²) < 4.78 is 12.6. The lowest BCUT2D eigenvalue weighted by atomic mass is 10.0. The first-order chi connectivity index (χ1) is 10.3. The minimum atomic E-state index is 0.614. The standard InChI is InChI=1S/C16H23BrN2O2/c1-18-13-4-2-5-19(11-13)10-12-8-14(17)16-15(9-12)20-6-3-7-21-16/h8-9,13,18H,2-7,10-11H2,1H3. The fourth-order valence-electron chi connectivity index (χ4n) is 3.07. The molecule has 1 aromatic carbocycles. The molecule has 1 N–H and O–H groups in total. The number of fused-ring (bicyclic) bond motifs is 1. The highest BCUT2D eigenvalue weighted by atomic mass is 79.9. The van der Waals surface area contributed by atoms with Crippen molar-refractivity contribution >= 4 is 15.9 Å². The quantitative estimate of drug-likeness (QED) is 0.904. The van der Waals surface area contributed by atoms with Gasteiger partial charge in [-0.05, 0) is 60.1 Å². The van der Waals surface area contributed by atoms with E-state index < -0.39 is 0 Å². The van der Waals surface area contributed by atoms with Crippen molar-refractivity contribution in [2.24, 2.45) is 0 Å². The first kappa shape index (κ1) is 15.1. The van der Waals surface area contributed by atoms with E-state index in [1.807, 2.05) is 0 Å². The lowest BCUT2D eigenvalue weighted by Gasteiger charge is -2.32. The van der Waals surface area contributed by atoms with Gasteiger partial charge in [0.25, 0.3) is 0 Å². The van der Waals surface area contributed by atoms with E-state index in [0.29, 0.717) is 6.04 Å². The second kappa shape index (κ2) is 6.99.